The number of hydrogen-bond donors (Lipinski definition) is 0. The average molecular weight is 211 g/mol. The van der Waals surface area contributed by atoms with Crippen molar-refractivity contribution >= 4 is 0 Å². The standard InChI is InChI=1S/C15H17N/c1-2-12-5-6-13-7-8-15(14(13)11-12)16-9-3-4-10-16/h1,5-6,11,15H,3-4,7-10H2. The van der Waals surface area contributed by atoms with Crippen molar-refractivity contribution in [2.75, 3.05) is 13.1 Å². The van der Waals surface area contributed by atoms with Crippen molar-refractivity contribution in [3.8, 4) is 12.3 Å². The summed E-state index contributed by atoms with van der Waals surface area (Å²) in [6, 6.07) is 7.17. The first-order valence-electron chi connectivity index (χ1n) is 6.22. The highest BCUT2D eigenvalue weighted by atomic mass is 15.2. The minimum atomic E-state index is 0.644. The topological polar surface area (TPSA) is 3.24 Å². The van der Waals surface area contributed by atoms with Crippen LogP contribution in [0.4, 0.5) is 0 Å². The van der Waals surface area contributed by atoms with Crippen molar-refractivity contribution < 1.29 is 0 Å². The fourth-order valence-electron chi connectivity index (χ4n) is 3.10. The summed E-state index contributed by atoms with van der Waals surface area (Å²) < 4.78 is 0. The molecule has 1 aromatic rings. The van der Waals surface area contributed by atoms with E-state index in [1.807, 2.05) is 0 Å². The third kappa shape index (κ3) is 1.54. The Morgan fingerprint density at radius 1 is 1.25 bits per heavy atom. The number of hydrogen-bond acceptors (Lipinski definition) is 1. The highest BCUT2D eigenvalue weighted by molar-refractivity contribution is 5.43. The molecule has 3 rings (SSSR count). The Hall–Kier alpha value is -1.26. The Morgan fingerprint density at radius 2 is 2.06 bits per heavy atom. The molecule has 1 aromatic carbocycles. The Labute approximate surface area is 97.5 Å². The van der Waals surface area contributed by atoms with Crippen molar-refractivity contribution in [1.82, 2.24) is 4.90 Å². The quantitative estimate of drug-likeness (QED) is 0.646. The van der Waals surface area contributed by atoms with Gasteiger partial charge in [0.15, 0.2) is 0 Å². The van der Waals surface area contributed by atoms with Crippen LogP contribution < -0.4 is 0 Å². The van der Waals surface area contributed by atoms with E-state index in [9.17, 15) is 0 Å². The van der Waals surface area contributed by atoms with E-state index >= 15 is 0 Å². The molecule has 1 nitrogen and oxygen atoms in total. The van der Waals surface area contributed by atoms with Crippen LogP contribution in [0, 0.1) is 12.3 Å². The summed E-state index contributed by atoms with van der Waals surface area (Å²) in [5.41, 5.74) is 4.04. The van der Waals surface area contributed by atoms with Gasteiger partial charge in [0.2, 0.25) is 0 Å². The van der Waals surface area contributed by atoms with Gasteiger partial charge < -0.3 is 0 Å². The fourth-order valence-corrected chi connectivity index (χ4v) is 3.10. The van der Waals surface area contributed by atoms with Crippen LogP contribution in [0.5, 0.6) is 0 Å². The van der Waals surface area contributed by atoms with Crippen molar-refractivity contribution in [2.45, 2.75) is 31.7 Å². The van der Waals surface area contributed by atoms with Gasteiger partial charge in [-0.25, -0.2) is 0 Å². The second-order valence-electron chi connectivity index (χ2n) is 4.86. The molecule has 16 heavy (non-hydrogen) atoms. The van der Waals surface area contributed by atoms with E-state index in [1.54, 1.807) is 0 Å². The molecule has 0 N–H and O–H groups in total. The predicted molar refractivity (Wildman–Crippen MR) is 66.2 cm³/mol. The molecule has 2 aliphatic rings. The fraction of sp³-hybridized carbons (Fsp3) is 0.467. The van der Waals surface area contributed by atoms with Crippen molar-refractivity contribution in [2.24, 2.45) is 0 Å². The molecule has 0 bridgehead atoms. The van der Waals surface area contributed by atoms with Gasteiger partial charge in [-0.3, -0.25) is 4.90 Å². The number of aryl methyl sites for hydroxylation is 1. The number of fused-ring (bicyclic) bond motifs is 1. The zero-order valence-electron chi connectivity index (χ0n) is 9.58. The number of likely N-dealkylation sites (tertiary alicyclic amines) is 1. The summed E-state index contributed by atoms with van der Waals surface area (Å²) in [6.45, 7) is 2.54. The van der Waals surface area contributed by atoms with Gasteiger partial charge in [0.1, 0.15) is 0 Å². The van der Waals surface area contributed by atoms with Crippen LogP contribution in [0.25, 0.3) is 0 Å². The number of terminal acetylenes is 1. The monoisotopic (exact) mass is 211 g/mol. The molecule has 0 saturated carbocycles. The molecule has 1 aliphatic carbocycles. The molecule has 0 radical (unpaired) electrons. The van der Waals surface area contributed by atoms with Crippen LogP contribution >= 0.6 is 0 Å². The van der Waals surface area contributed by atoms with Crippen molar-refractivity contribution in [1.29, 1.82) is 0 Å². The zero-order valence-corrected chi connectivity index (χ0v) is 9.58. The lowest BCUT2D eigenvalue weighted by Gasteiger charge is -2.24. The lowest BCUT2D eigenvalue weighted by atomic mass is 10.0. The maximum Gasteiger partial charge on any atom is 0.0354 e. The summed E-state index contributed by atoms with van der Waals surface area (Å²) in [6.07, 6.45) is 10.7. The van der Waals surface area contributed by atoms with Crippen LogP contribution in [0.2, 0.25) is 0 Å². The van der Waals surface area contributed by atoms with Gasteiger partial charge >= 0.3 is 0 Å². The van der Waals surface area contributed by atoms with E-state index in [2.05, 4.69) is 29.0 Å². The molecule has 82 valence electrons. The predicted octanol–water partition coefficient (Wildman–Crippen LogP) is 2.75. The molecule has 1 heterocycles. The first-order chi connectivity index (χ1) is 7.88. The molecule has 1 saturated heterocycles. The van der Waals surface area contributed by atoms with Gasteiger partial charge in [-0.15, -0.1) is 6.42 Å². The van der Waals surface area contributed by atoms with Gasteiger partial charge in [0, 0.05) is 11.6 Å². The smallest absolute Gasteiger partial charge is 0.0354 e. The van der Waals surface area contributed by atoms with E-state index in [1.165, 1.54) is 49.9 Å². The van der Waals surface area contributed by atoms with Crippen LogP contribution in [-0.4, -0.2) is 18.0 Å². The highest BCUT2D eigenvalue weighted by Crippen LogP contribution is 2.37. The summed E-state index contributed by atoms with van der Waals surface area (Å²) in [5, 5.41) is 0. The second kappa shape index (κ2) is 3.96. The SMILES string of the molecule is C#Cc1ccc2c(c1)C(N1CCCC1)CC2. The summed E-state index contributed by atoms with van der Waals surface area (Å²) in [7, 11) is 0. The lowest BCUT2D eigenvalue weighted by molar-refractivity contribution is 0.245. The zero-order chi connectivity index (χ0) is 11.0. The molecular weight excluding hydrogens is 194 g/mol. The van der Waals surface area contributed by atoms with Crippen LogP contribution in [0.1, 0.15) is 42.0 Å². The van der Waals surface area contributed by atoms with Crippen LogP contribution in [-0.2, 0) is 6.42 Å². The van der Waals surface area contributed by atoms with E-state index in [0.29, 0.717) is 6.04 Å². The van der Waals surface area contributed by atoms with Gasteiger partial charge in [-0.1, -0.05) is 12.0 Å². The largest absolute Gasteiger partial charge is 0.296 e. The van der Waals surface area contributed by atoms with Gasteiger partial charge in [0.05, 0.1) is 0 Å². The second-order valence-corrected chi connectivity index (χ2v) is 4.86. The molecule has 0 amide bonds. The van der Waals surface area contributed by atoms with Crippen LogP contribution in [0.15, 0.2) is 18.2 Å². The van der Waals surface area contributed by atoms with E-state index in [-0.39, 0.29) is 0 Å². The molecule has 1 atom stereocenters. The molecule has 1 heteroatoms. The van der Waals surface area contributed by atoms with Gasteiger partial charge in [0.25, 0.3) is 0 Å². The number of benzene rings is 1. The van der Waals surface area contributed by atoms with Gasteiger partial charge in [-0.2, -0.15) is 0 Å². The van der Waals surface area contributed by atoms with E-state index in [4.69, 9.17) is 6.42 Å². The minimum absolute atomic E-state index is 0.644. The van der Waals surface area contributed by atoms with E-state index in [0.717, 1.165) is 5.56 Å². The Balaban J connectivity index is 1.94. The molecule has 1 unspecified atom stereocenters. The van der Waals surface area contributed by atoms with Crippen LogP contribution in [0.3, 0.4) is 0 Å². The van der Waals surface area contributed by atoms with E-state index < -0.39 is 0 Å². The normalized spacial score (nSPS) is 24.3. The van der Waals surface area contributed by atoms with Crippen molar-refractivity contribution in [3.05, 3.63) is 34.9 Å². The maximum atomic E-state index is 5.48. The minimum Gasteiger partial charge on any atom is -0.296 e. The van der Waals surface area contributed by atoms with Crippen molar-refractivity contribution in [3.63, 3.8) is 0 Å². The summed E-state index contributed by atoms with van der Waals surface area (Å²) in [4.78, 5) is 2.63. The van der Waals surface area contributed by atoms with Gasteiger partial charge in [-0.05, 0) is 62.0 Å². The lowest BCUT2D eigenvalue weighted by Crippen LogP contribution is -2.23. The summed E-state index contributed by atoms with van der Waals surface area (Å²) in [5.74, 6) is 2.75. The molecule has 1 aliphatic heterocycles. The average Bonchev–Trinajstić information content (AvgIpc) is 2.96. The molecular formula is C15H17N. The number of rotatable bonds is 1. The molecule has 0 aromatic heterocycles. The Kier molecular flexibility index (Phi) is 2.46. The molecule has 0 spiro atoms. The first kappa shape index (κ1) is 9.93. The Bertz CT molecular complexity index is 435. The number of nitrogens with zero attached hydrogens (tertiary/aromatic N) is 1. The highest BCUT2D eigenvalue weighted by Gasteiger charge is 2.29. The third-order valence-corrected chi connectivity index (χ3v) is 3.94. The summed E-state index contributed by atoms with van der Waals surface area (Å²) >= 11 is 0. The first-order valence-corrected chi connectivity index (χ1v) is 6.22. The molecule has 1 fully saturated rings. The maximum absolute atomic E-state index is 5.48. The Morgan fingerprint density at radius 3 is 2.81 bits per heavy atom. The third-order valence-electron chi connectivity index (χ3n) is 3.94.